The summed E-state index contributed by atoms with van der Waals surface area (Å²) in [5.74, 6) is 0.736. The molecule has 0 aliphatic carbocycles. The number of nitrogens with one attached hydrogen (secondary N) is 1. The molecule has 188 valence electrons. The smallest absolute Gasteiger partial charge is 0.254 e. The second kappa shape index (κ2) is 13.0. The fraction of sp³-hybridized carbons (Fsp3) is 0.444. The fourth-order valence-corrected chi connectivity index (χ4v) is 4.35. The average molecular weight is 478 g/mol. The van der Waals surface area contributed by atoms with E-state index in [9.17, 15) is 4.79 Å². The molecule has 8 nitrogen and oxygen atoms in total. The molecule has 35 heavy (non-hydrogen) atoms. The molecule has 2 fully saturated rings. The second-order valence-corrected chi connectivity index (χ2v) is 8.92. The number of hydrogen-bond acceptors (Lipinski definition) is 7. The summed E-state index contributed by atoms with van der Waals surface area (Å²) in [6.07, 6.45) is 5.67. The Morgan fingerprint density at radius 1 is 1.09 bits per heavy atom. The van der Waals surface area contributed by atoms with E-state index in [1.807, 2.05) is 0 Å². The molecule has 2 aromatic rings. The van der Waals surface area contributed by atoms with Gasteiger partial charge in [0, 0.05) is 90.3 Å². The molecule has 3 heterocycles. The molecule has 0 spiro atoms. The predicted octanol–water partition coefficient (Wildman–Crippen LogP) is 2.28. The molecule has 2 aliphatic rings. The van der Waals surface area contributed by atoms with Crippen LogP contribution in [0.25, 0.3) is 0 Å². The van der Waals surface area contributed by atoms with Gasteiger partial charge in [-0.25, -0.2) is 4.98 Å². The summed E-state index contributed by atoms with van der Waals surface area (Å²) >= 11 is 0. The highest BCUT2D eigenvalue weighted by molar-refractivity contribution is 5.69. The largest absolute Gasteiger partial charge is 0.369 e. The maximum Gasteiger partial charge on any atom is 0.254 e. The van der Waals surface area contributed by atoms with E-state index in [0.29, 0.717) is 6.42 Å². The SMILES string of the molecule is C=CC=NC.C=CCc1cc(=O)n(C)c(N2CCNC(c3ccc(N4CCN(C)CC4)cc3)C2)n1. The zero-order chi connectivity index (χ0) is 25.2. The van der Waals surface area contributed by atoms with Gasteiger partial charge in [-0.3, -0.25) is 14.4 Å². The molecule has 0 radical (unpaired) electrons. The maximum atomic E-state index is 12.4. The van der Waals surface area contributed by atoms with Crippen molar-refractivity contribution in [1.29, 1.82) is 0 Å². The Hall–Kier alpha value is -3.23. The minimum absolute atomic E-state index is 0.0246. The van der Waals surface area contributed by atoms with Crippen molar-refractivity contribution >= 4 is 17.9 Å². The Labute approximate surface area is 209 Å². The molecule has 1 aromatic carbocycles. The van der Waals surface area contributed by atoms with Crippen molar-refractivity contribution in [2.45, 2.75) is 12.5 Å². The summed E-state index contributed by atoms with van der Waals surface area (Å²) in [5, 5.41) is 3.62. The third-order valence-corrected chi connectivity index (χ3v) is 6.39. The van der Waals surface area contributed by atoms with Crippen molar-refractivity contribution in [2.24, 2.45) is 12.0 Å². The van der Waals surface area contributed by atoms with Crippen LogP contribution in [-0.2, 0) is 13.5 Å². The number of rotatable bonds is 6. The van der Waals surface area contributed by atoms with Gasteiger partial charge in [-0.05, 0) is 24.7 Å². The van der Waals surface area contributed by atoms with Crippen molar-refractivity contribution in [3.8, 4) is 0 Å². The number of anilines is 2. The Balaban J connectivity index is 0.000000623. The number of aromatic nitrogens is 2. The monoisotopic (exact) mass is 477 g/mol. The summed E-state index contributed by atoms with van der Waals surface area (Å²) in [6.45, 7) is 14.0. The van der Waals surface area contributed by atoms with Gasteiger partial charge in [0.15, 0.2) is 0 Å². The van der Waals surface area contributed by atoms with Gasteiger partial charge in [-0.2, -0.15) is 0 Å². The fourth-order valence-electron chi connectivity index (χ4n) is 4.35. The molecular weight excluding hydrogens is 438 g/mol. The van der Waals surface area contributed by atoms with Crippen LogP contribution in [0.2, 0.25) is 0 Å². The highest BCUT2D eigenvalue weighted by atomic mass is 16.1. The molecule has 2 saturated heterocycles. The van der Waals surface area contributed by atoms with Gasteiger partial charge in [0.05, 0.1) is 5.69 Å². The molecule has 0 saturated carbocycles. The molecule has 0 amide bonds. The van der Waals surface area contributed by atoms with Crippen LogP contribution in [0.1, 0.15) is 17.3 Å². The summed E-state index contributed by atoms with van der Waals surface area (Å²) < 4.78 is 1.64. The van der Waals surface area contributed by atoms with Crippen LogP contribution in [0, 0.1) is 0 Å². The van der Waals surface area contributed by atoms with Gasteiger partial charge in [0.25, 0.3) is 5.56 Å². The van der Waals surface area contributed by atoms with Crippen LogP contribution in [0.3, 0.4) is 0 Å². The van der Waals surface area contributed by atoms with E-state index in [2.05, 4.69) is 69.5 Å². The Morgan fingerprint density at radius 3 is 2.40 bits per heavy atom. The molecule has 2 aliphatic heterocycles. The Kier molecular flexibility index (Phi) is 9.81. The molecule has 0 bridgehead atoms. The van der Waals surface area contributed by atoms with Gasteiger partial charge in [-0.15, -0.1) is 6.58 Å². The summed E-state index contributed by atoms with van der Waals surface area (Å²) in [4.78, 5) is 27.8. The van der Waals surface area contributed by atoms with E-state index in [1.165, 1.54) is 11.3 Å². The lowest BCUT2D eigenvalue weighted by atomic mass is 10.0. The highest BCUT2D eigenvalue weighted by Crippen LogP contribution is 2.24. The first kappa shape index (κ1) is 26.4. The zero-order valence-electron chi connectivity index (χ0n) is 21.4. The average Bonchev–Trinajstić information content (AvgIpc) is 2.88. The van der Waals surface area contributed by atoms with Crippen LogP contribution >= 0.6 is 0 Å². The number of hydrogen-bond donors (Lipinski definition) is 1. The van der Waals surface area contributed by atoms with Crippen molar-refractivity contribution in [2.75, 3.05) is 69.7 Å². The van der Waals surface area contributed by atoms with E-state index in [1.54, 1.807) is 43.1 Å². The minimum atomic E-state index is -0.0246. The third kappa shape index (κ3) is 7.13. The van der Waals surface area contributed by atoms with E-state index < -0.39 is 0 Å². The van der Waals surface area contributed by atoms with Crippen LogP contribution < -0.4 is 20.7 Å². The van der Waals surface area contributed by atoms with E-state index >= 15 is 0 Å². The first-order valence-electron chi connectivity index (χ1n) is 12.2. The standard InChI is InChI=1S/C23H32N6O.C4H7N/c1-4-5-19-16-22(30)27(3)23(25-19)29-11-10-24-21(17-29)18-6-8-20(9-7-18)28-14-12-26(2)13-15-28;1-3-4-5-2/h4,6-9,16,21,24H,1,5,10-15,17H2,2-3H3;3-4H,1H2,2H3. The molecule has 1 aromatic heterocycles. The Bertz CT molecular complexity index is 1050. The van der Waals surface area contributed by atoms with Crippen molar-refractivity contribution in [3.63, 3.8) is 0 Å². The van der Waals surface area contributed by atoms with Crippen molar-refractivity contribution in [3.05, 3.63) is 77.3 Å². The molecule has 1 unspecified atom stereocenters. The lowest BCUT2D eigenvalue weighted by Crippen LogP contribution is -2.48. The number of benzene rings is 1. The molecule has 4 rings (SSSR count). The lowest BCUT2D eigenvalue weighted by molar-refractivity contribution is 0.313. The normalized spacial score (nSPS) is 18.8. The third-order valence-electron chi connectivity index (χ3n) is 6.39. The van der Waals surface area contributed by atoms with Crippen LogP contribution in [-0.4, -0.2) is 80.6 Å². The predicted molar refractivity (Wildman–Crippen MR) is 147 cm³/mol. The number of aliphatic imine (C=N–C) groups is 1. The van der Waals surface area contributed by atoms with Gasteiger partial charge < -0.3 is 20.0 Å². The van der Waals surface area contributed by atoms with E-state index in [4.69, 9.17) is 4.98 Å². The molecule has 1 atom stereocenters. The topological polar surface area (TPSA) is 69.0 Å². The summed E-state index contributed by atoms with van der Waals surface area (Å²) in [5.41, 5.74) is 3.31. The lowest BCUT2D eigenvalue weighted by Gasteiger charge is -2.36. The van der Waals surface area contributed by atoms with Crippen LogP contribution in [0.5, 0.6) is 0 Å². The van der Waals surface area contributed by atoms with Crippen molar-refractivity contribution < 1.29 is 0 Å². The number of nitrogens with zero attached hydrogens (tertiary/aromatic N) is 6. The first-order valence-corrected chi connectivity index (χ1v) is 12.2. The van der Waals surface area contributed by atoms with Gasteiger partial charge in [0.1, 0.15) is 0 Å². The van der Waals surface area contributed by atoms with Gasteiger partial charge in [0.2, 0.25) is 5.95 Å². The quantitative estimate of drug-likeness (QED) is 0.509. The number of piperazine rings is 2. The van der Waals surface area contributed by atoms with Crippen LogP contribution in [0.15, 0.2) is 65.4 Å². The van der Waals surface area contributed by atoms with Gasteiger partial charge >= 0.3 is 0 Å². The summed E-state index contributed by atoms with van der Waals surface area (Å²) in [6, 6.07) is 10.7. The molecule has 8 heteroatoms. The molecular formula is C27H39N7O. The van der Waals surface area contributed by atoms with Crippen molar-refractivity contribution in [1.82, 2.24) is 19.8 Å². The first-order chi connectivity index (χ1) is 17.0. The minimum Gasteiger partial charge on any atom is -0.369 e. The number of allylic oxidation sites excluding steroid dienone is 2. The van der Waals surface area contributed by atoms with E-state index in [-0.39, 0.29) is 11.6 Å². The van der Waals surface area contributed by atoms with E-state index in [0.717, 1.165) is 57.5 Å². The highest BCUT2D eigenvalue weighted by Gasteiger charge is 2.24. The maximum absolute atomic E-state index is 12.4. The van der Waals surface area contributed by atoms with Gasteiger partial charge in [-0.1, -0.05) is 30.9 Å². The number of likely N-dealkylation sites (N-methyl/N-ethyl adjacent to an activating group) is 1. The summed E-state index contributed by atoms with van der Waals surface area (Å²) in [7, 11) is 5.69. The Morgan fingerprint density at radius 2 is 1.80 bits per heavy atom. The van der Waals surface area contributed by atoms with Crippen LogP contribution in [0.4, 0.5) is 11.6 Å². The second-order valence-electron chi connectivity index (χ2n) is 8.92. The molecule has 1 N–H and O–H groups in total. The zero-order valence-corrected chi connectivity index (χ0v) is 21.4.